The number of unbranched alkanes of at least 4 members (excludes halogenated alkanes) is 5. The van der Waals surface area contributed by atoms with Gasteiger partial charge >= 0.3 is 5.97 Å². The van der Waals surface area contributed by atoms with Crippen LogP contribution in [0.5, 0.6) is 0 Å². The van der Waals surface area contributed by atoms with Crippen molar-refractivity contribution in [3.8, 4) is 0 Å². The van der Waals surface area contributed by atoms with Crippen molar-refractivity contribution in [3.05, 3.63) is 35.4 Å². The fourth-order valence-corrected chi connectivity index (χ4v) is 4.54. The highest BCUT2D eigenvalue weighted by Gasteiger charge is 2.36. The third-order valence-corrected chi connectivity index (χ3v) is 6.24. The van der Waals surface area contributed by atoms with E-state index >= 15 is 0 Å². The molecule has 0 aromatic heterocycles. The first-order chi connectivity index (χ1) is 13.5. The first-order valence-electron chi connectivity index (χ1n) is 11.2. The zero-order chi connectivity index (χ0) is 20.4. The van der Waals surface area contributed by atoms with E-state index in [1.165, 1.54) is 5.56 Å². The zero-order valence-corrected chi connectivity index (χ0v) is 17.3. The van der Waals surface area contributed by atoms with E-state index in [0.29, 0.717) is 12.8 Å². The van der Waals surface area contributed by atoms with Gasteiger partial charge in [0.15, 0.2) is 0 Å². The number of benzene rings is 1. The molecule has 158 valence electrons. The van der Waals surface area contributed by atoms with Gasteiger partial charge in [0.25, 0.3) is 0 Å². The van der Waals surface area contributed by atoms with Crippen LogP contribution in [0.4, 0.5) is 4.39 Å². The first kappa shape index (κ1) is 22.9. The summed E-state index contributed by atoms with van der Waals surface area (Å²) in [6, 6.07) is 8.20. The van der Waals surface area contributed by atoms with Crippen LogP contribution in [0.15, 0.2) is 24.3 Å². The molecule has 1 aromatic carbocycles. The Morgan fingerprint density at radius 2 is 1.79 bits per heavy atom. The Morgan fingerprint density at radius 1 is 1.07 bits per heavy atom. The predicted molar refractivity (Wildman–Crippen MR) is 111 cm³/mol. The highest BCUT2D eigenvalue weighted by Crippen LogP contribution is 2.44. The van der Waals surface area contributed by atoms with Gasteiger partial charge in [0.1, 0.15) is 6.17 Å². The number of carboxylic acids is 1. The molecule has 0 bridgehead atoms. The zero-order valence-electron chi connectivity index (χ0n) is 17.3. The maximum absolute atomic E-state index is 14.5. The van der Waals surface area contributed by atoms with E-state index in [0.717, 1.165) is 63.4 Å². The quantitative estimate of drug-likeness (QED) is 0.374. The monoisotopic (exact) mass is 392 g/mol. The summed E-state index contributed by atoms with van der Waals surface area (Å²) in [6.07, 6.45) is 9.20. The van der Waals surface area contributed by atoms with Gasteiger partial charge < -0.3 is 10.2 Å². The summed E-state index contributed by atoms with van der Waals surface area (Å²) in [5.41, 5.74) is 2.16. The molecular weight excluding hydrogens is 355 g/mol. The molecule has 28 heavy (non-hydrogen) atoms. The number of rotatable bonds is 13. The Labute approximate surface area is 169 Å². The van der Waals surface area contributed by atoms with Crippen LogP contribution >= 0.6 is 0 Å². The molecule has 1 saturated carbocycles. The van der Waals surface area contributed by atoms with Crippen LogP contribution in [0.3, 0.4) is 0 Å². The van der Waals surface area contributed by atoms with Gasteiger partial charge in [0.2, 0.25) is 0 Å². The molecule has 2 rings (SSSR count). The molecule has 1 aliphatic carbocycles. The van der Waals surface area contributed by atoms with Gasteiger partial charge in [-0.3, -0.25) is 4.79 Å². The Morgan fingerprint density at radius 3 is 2.46 bits per heavy atom. The van der Waals surface area contributed by atoms with E-state index < -0.39 is 18.2 Å². The molecule has 1 unspecified atom stereocenters. The van der Waals surface area contributed by atoms with E-state index in [2.05, 4.69) is 19.1 Å². The number of alkyl halides is 1. The molecule has 0 aliphatic heterocycles. The fraction of sp³-hybridized carbons (Fsp3) is 0.708. The topological polar surface area (TPSA) is 57.5 Å². The molecule has 0 spiro atoms. The van der Waals surface area contributed by atoms with E-state index in [9.17, 15) is 14.3 Å². The highest BCUT2D eigenvalue weighted by atomic mass is 19.1. The van der Waals surface area contributed by atoms with Crippen LogP contribution in [-0.2, 0) is 4.79 Å². The SMILES string of the molecule is CCCCCC(O)c1ccc([C@H]2CC[C@@H](F)[C@@H]2CCCCCCC(=O)O)cc1. The van der Waals surface area contributed by atoms with Crippen molar-refractivity contribution in [2.75, 3.05) is 0 Å². The minimum Gasteiger partial charge on any atom is -0.481 e. The van der Waals surface area contributed by atoms with Crippen LogP contribution in [0, 0.1) is 5.92 Å². The number of carbonyl (C=O) groups is 1. The number of aliphatic hydroxyl groups is 1. The lowest BCUT2D eigenvalue weighted by Crippen LogP contribution is -2.15. The third-order valence-electron chi connectivity index (χ3n) is 6.24. The molecule has 1 aromatic rings. The van der Waals surface area contributed by atoms with Crippen molar-refractivity contribution in [2.45, 2.75) is 102 Å². The van der Waals surface area contributed by atoms with E-state index in [4.69, 9.17) is 5.11 Å². The lowest BCUT2D eigenvalue weighted by Gasteiger charge is -2.22. The second-order valence-electron chi connectivity index (χ2n) is 8.39. The molecule has 1 aliphatic rings. The van der Waals surface area contributed by atoms with Gasteiger partial charge in [0, 0.05) is 6.42 Å². The standard InChI is InChI=1S/C24H37FO3/c1-2-3-6-10-23(26)19-14-12-18(13-15-19)20-16-17-22(25)21(20)9-7-4-5-8-11-24(27)28/h12-15,20-23,26H,2-11,16-17H2,1H3,(H,27,28)/t20-,21-,22-,23?/m1/s1. The minimum atomic E-state index is -0.737. The van der Waals surface area contributed by atoms with Crippen molar-refractivity contribution in [3.63, 3.8) is 0 Å². The van der Waals surface area contributed by atoms with Crippen molar-refractivity contribution >= 4 is 5.97 Å². The molecule has 2 N–H and O–H groups in total. The van der Waals surface area contributed by atoms with E-state index in [1.807, 2.05) is 12.1 Å². The lowest BCUT2D eigenvalue weighted by atomic mass is 9.84. The van der Waals surface area contributed by atoms with E-state index in [1.54, 1.807) is 0 Å². The number of aliphatic carboxylic acids is 1. The van der Waals surface area contributed by atoms with Crippen molar-refractivity contribution in [1.82, 2.24) is 0 Å². The maximum Gasteiger partial charge on any atom is 0.303 e. The third kappa shape index (κ3) is 7.20. The Hall–Kier alpha value is -1.42. The van der Waals surface area contributed by atoms with Gasteiger partial charge in [-0.2, -0.15) is 0 Å². The summed E-state index contributed by atoms with van der Waals surface area (Å²) in [4.78, 5) is 10.6. The molecule has 0 radical (unpaired) electrons. The number of hydrogen-bond acceptors (Lipinski definition) is 2. The van der Waals surface area contributed by atoms with Crippen LogP contribution in [-0.4, -0.2) is 22.4 Å². The second-order valence-corrected chi connectivity index (χ2v) is 8.39. The molecule has 4 atom stereocenters. The minimum absolute atomic E-state index is 0.0693. The normalized spacial score (nSPS) is 23.0. The van der Waals surface area contributed by atoms with Gasteiger partial charge in [-0.05, 0) is 55.1 Å². The first-order valence-corrected chi connectivity index (χ1v) is 11.2. The molecule has 3 nitrogen and oxygen atoms in total. The van der Waals surface area contributed by atoms with E-state index in [-0.39, 0.29) is 18.3 Å². The molecule has 0 saturated heterocycles. The number of hydrogen-bond donors (Lipinski definition) is 2. The maximum atomic E-state index is 14.5. The van der Waals surface area contributed by atoms with Gasteiger partial charge in [-0.25, -0.2) is 4.39 Å². The lowest BCUT2D eigenvalue weighted by molar-refractivity contribution is -0.137. The predicted octanol–water partition coefficient (Wildman–Crippen LogP) is 6.56. The van der Waals surface area contributed by atoms with Crippen molar-refractivity contribution in [2.24, 2.45) is 5.92 Å². The average molecular weight is 393 g/mol. The van der Waals surface area contributed by atoms with Gasteiger partial charge in [0.05, 0.1) is 6.10 Å². The van der Waals surface area contributed by atoms with Crippen molar-refractivity contribution < 1.29 is 19.4 Å². The van der Waals surface area contributed by atoms with Gasteiger partial charge in [-0.15, -0.1) is 0 Å². The summed E-state index contributed by atoms with van der Waals surface area (Å²) >= 11 is 0. The number of carboxylic acid groups (broad SMARTS) is 1. The molecule has 4 heteroatoms. The number of halogens is 1. The van der Waals surface area contributed by atoms with Crippen molar-refractivity contribution in [1.29, 1.82) is 0 Å². The molecule has 1 fully saturated rings. The summed E-state index contributed by atoms with van der Waals surface area (Å²) < 4.78 is 14.5. The Bertz CT molecular complexity index is 572. The summed E-state index contributed by atoms with van der Waals surface area (Å²) in [7, 11) is 0. The Balaban J connectivity index is 1.83. The summed E-state index contributed by atoms with van der Waals surface area (Å²) in [6.45, 7) is 2.16. The largest absolute Gasteiger partial charge is 0.481 e. The fourth-order valence-electron chi connectivity index (χ4n) is 4.54. The molecule has 0 heterocycles. The smallest absolute Gasteiger partial charge is 0.303 e. The molecule has 0 amide bonds. The molecular formula is C24H37FO3. The van der Waals surface area contributed by atoms with Gasteiger partial charge in [-0.1, -0.05) is 69.7 Å². The second kappa shape index (κ2) is 12.2. The van der Waals surface area contributed by atoms with Crippen LogP contribution < -0.4 is 0 Å². The average Bonchev–Trinajstić information content (AvgIpc) is 3.05. The Kier molecular flexibility index (Phi) is 9.97. The van der Waals surface area contributed by atoms with Crippen LogP contribution in [0.25, 0.3) is 0 Å². The van der Waals surface area contributed by atoms with Crippen LogP contribution in [0.1, 0.15) is 107 Å². The summed E-state index contributed by atoms with van der Waals surface area (Å²) in [5, 5.41) is 19.0. The number of aliphatic hydroxyl groups excluding tert-OH is 1. The van der Waals surface area contributed by atoms with Crippen LogP contribution in [0.2, 0.25) is 0 Å². The highest BCUT2D eigenvalue weighted by molar-refractivity contribution is 5.66. The summed E-state index contributed by atoms with van der Waals surface area (Å²) in [5.74, 6) is -0.404.